The average Bonchev–Trinajstić information content (AvgIpc) is 2.55. The Morgan fingerprint density at radius 2 is 2.31 bits per heavy atom. The zero-order chi connectivity index (χ0) is 11.7. The summed E-state index contributed by atoms with van der Waals surface area (Å²) in [5.41, 5.74) is 2.71. The Kier molecular flexibility index (Phi) is 3.41. The predicted octanol–water partition coefficient (Wildman–Crippen LogP) is 2.70. The van der Waals surface area contributed by atoms with Crippen LogP contribution >= 0.6 is 11.6 Å². The van der Waals surface area contributed by atoms with Crippen LogP contribution in [0.15, 0.2) is 18.2 Å². The van der Waals surface area contributed by atoms with E-state index in [-0.39, 0.29) is 0 Å². The van der Waals surface area contributed by atoms with Gasteiger partial charge in [0.15, 0.2) is 0 Å². The molecule has 0 bridgehead atoms. The molecule has 1 heterocycles. The van der Waals surface area contributed by atoms with Crippen molar-refractivity contribution in [2.75, 3.05) is 19.0 Å². The first-order chi connectivity index (χ1) is 7.61. The van der Waals surface area contributed by atoms with E-state index in [2.05, 4.69) is 36.3 Å². The Bertz CT molecular complexity index is 378. The van der Waals surface area contributed by atoms with Crippen LogP contribution in [-0.2, 0) is 6.42 Å². The summed E-state index contributed by atoms with van der Waals surface area (Å²) < 4.78 is 0. The number of nitrogens with zero attached hydrogens (tertiary/aromatic N) is 1. The molecular formula is C13H19ClN2. The summed E-state index contributed by atoms with van der Waals surface area (Å²) in [6.45, 7) is 2.23. The first kappa shape index (κ1) is 11.7. The maximum atomic E-state index is 6.02. The largest absolute Gasteiger partial charge is 0.371 e. The van der Waals surface area contributed by atoms with Crippen LogP contribution in [0.1, 0.15) is 18.9 Å². The van der Waals surface area contributed by atoms with Gasteiger partial charge in [0.2, 0.25) is 0 Å². The van der Waals surface area contributed by atoms with Gasteiger partial charge in [0.25, 0.3) is 0 Å². The molecule has 16 heavy (non-hydrogen) atoms. The van der Waals surface area contributed by atoms with E-state index in [1.165, 1.54) is 17.7 Å². The van der Waals surface area contributed by atoms with Gasteiger partial charge in [-0.1, -0.05) is 11.6 Å². The Hall–Kier alpha value is -0.730. The molecule has 2 rings (SSSR count). The van der Waals surface area contributed by atoms with E-state index < -0.39 is 0 Å². The molecule has 1 aromatic rings. The highest BCUT2D eigenvalue weighted by Crippen LogP contribution is 2.34. The lowest BCUT2D eigenvalue weighted by Crippen LogP contribution is -2.35. The second-order valence-corrected chi connectivity index (χ2v) is 5.10. The maximum Gasteiger partial charge on any atom is 0.0410 e. The number of benzene rings is 1. The number of fused-ring (bicyclic) bond motifs is 1. The summed E-state index contributed by atoms with van der Waals surface area (Å²) in [5.74, 6) is 0. The molecule has 0 aromatic heterocycles. The quantitative estimate of drug-likeness (QED) is 0.871. The number of hydrogen-bond donors (Lipinski definition) is 1. The third kappa shape index (κ3) is 2.18. The summed E-state index contributed by atoms with van der Waals surface area (Å²) in [4.78, 5) is 2.37. The predicted molar refractivity (Wildman–Crippen MR) is 70.5 cm³/mol. The van der Waals surface area contributed by atoms with E-state index in [0.717, 1.165) is 11.4 Å². The topological polar surface area (TPSA) is 15.3 Å². The summed E-state index contributed by atoms with van der Waals surface area (Å²) >= 11 is 6.02. The van der Waals surface area contributed by atoms with Crippen molar-refractivity contribution in [3.05, 3.63) is 28.8 Å². The number of likely N-dealkylation sites (N-methyl/N-ethyl adjacent to an activating group) is 1. The lowest BCUT2D eigenvalue weighted by Gasteiger charge is -2.25. The lowest BCUT2D eigenvalue weighted by atomic mass is 10.0. The Morgan fingerprint density at radius 1 is 1.56 bits per heavy atom. The average molecular weight is 239 g/mol. The van der Waals surface area contributed by atoms with Gasteiger partial charge in [-0.3, -0.25) is 0 Å². The molecule has 0 saturated heterocycles. The maximum absolute atomic E-state index is 6.02. The van der Waals surface area contributed by atoms with Crippen LogP contribution in [0.3, 0.4) is 0 Å². The number of anilines is 1. The molecule has 0 aliphatic carbocycles. The van der Waals surface area contributed by atoms with Crippen LogP contribution in [0.4, 0.5) is 5.69 Å². The van der Waals surface area contributed by atoms with Gasteiger partial charge >= 0.3 is 0 Å². The van der Waals surface area contributed by atoms with Crippen LogP contribution in [0.25, 0.3) is 0 Å². The van der Waals surface area contributed by atoms with Gasteiger partial charge in [0.05, 0.1) is 0 Å². The molecule has 0 spiro atoms. The summed E-state index contributed by atoms with van der Waals surface area (Å²) in [5, 5.41) is 4.14. The first-order valence-electron chi connectivity index (χ1n) is 5.80. The zero-order valence-corrected chi connectivity index (χ0v) is 10.9. The fourth-order valence-corrected chi connectivity index (χ4v) is 2.61. The molecule has 2 nitrogen and oxygen atoms in total. The van der Waals surface area contributed by atoms with Gasteiger partial charge in [-0.2, -0.15) is 0 Å². The van der Waals surface area contributed by atoms with E-state index >= 15 is 0 Å². The van der Waals surface area contributed by atoms with Gasteiger partial charge in [-0.05, 0) is 50.6 Å². The van der Waals surface area contributed by atoms with Gasteiger partial charge in [-0.25, -0.2) is 0 Å². The van der Waals surface area contributed by atoms with Crippen LogP contribution in [-0.4, -0.2) is 26.2 Å². The van der Waals surface area contributed by atoms with Crippen molar-refractivity contribution in [2.24, 2.45) is 0 Å². The highest BCUT2D eigenvalue weighted by molar-refractivity contribution is 6.30. The number of hydrogen-bond acceptors (Lipinski definition) is 2. The molecule has 2 unspecified atom stereocenters. The number of halogens is 1. The standard InChI is InChI=1S/C13H19ClN2/c1-9(15-2)6-12-8-10-7-11(14)4-5-13(10)16(12)3/h4-5,7,9,12,15H,6,8H2,1-3H3. The molecule has 0 fully saturated rings. The van der Waals surface area contributed by atoms with Crippen LogP contribution in [0.2, 0.25) is 5.02 Å². The SMILES string of the molecule is CNC(C)CC1Cc2cc(Cl)ccc2N1C. The van der Waals surface area contributed by atoms with E-state index in [9.17, 15) is 0 Å². The van der Waals surface area contributed by atoms with E-state index in [1.807, 2.05) is 13.1 Å². The molecule has 0 radical (unpaired) electrons. The molecule has 1 aromatic carbocycles. The highest BCUT2D eigenvalue weighted by atomic mass is 35.5. The number of nitrogens with one attached hydrogen (secondary N) is 1. The van der Waals surface area contributed by atoms with Gasteiger partial charge < -0.3 is 10.2 Å². The minimum absolute atomic E-state index is 0.553. The van der Waals surface area contributed by atoms with Crippen molar-refractivity contribution in [3.8, 4) is 0 Å². The van der Waals surface area contributed by atoms with Crippen molar-refractivity contribution in [2.45, 2.75) is 31.8 Å². The Balaban J connectivity index is 2.14. The summed E-state index contributed by atoms with van der Waals surface area (Å²) in [6.07, 6.45) is 2.28. The van der Waals surface area contributed by atoms with Crippen molar-refractivity contribution in [3.63, 3.8) is 0 Å². The molecule has 3 heteroatoms. The minimum atomic E-state index is 0.553. The van der Waals surface area contributed by atoms with E-state index in [0.29, 0.717) is 12.1 Å². The van der Waals surface area contributed by atoms with Crippen molar-refractivity contribution < 1.29 is 0 Å². The van der Waals surface area contributed by atoms with E-state index in [1.54, 1.807) is 0 Å². The summed E-state index contributed by atoms with van der Waals surface area (Å²) in [7, 11) is 4.19. The van der Waals surface area contributed by atoms with Crippen LogP contribution in [0, 0.1) is 0 Å². The fourth-order valence-electron chi connectivity index (χ4n) is 2.42. The molecule has 88 valence electrons. The molecule has 1 aliphatic heterocycles. The summed E-state index contributed by atoms with van der Waals surface area (Å²) in [6, 6.07) is 7.34. The zero-order valence-electron chi connectivity index (χ0n) is 10.1. The molecular weight excluding hydrogens is 220 g/mol. The van der Waals surface area contributed by atoms with Crippen LogP contribution in [0.5, 0.6) is 0 Å². The van der Waals surface area contributed by atoms with Crippen molar-refractivity contribution in [1.29, 1.82) is 0 Å². The Labute approximate surface area is 103 Å². The highest BCUT2D eigenvalue weighted by Gasteiger charge is 2.27. The smallest absolute Gasteiger partial charge is 0.0410 e. The van der Waals surface area contributed by atoms with Crippen molar-refractivity contribution in [1.82, 2.24) is 5.32 Å². The molecule has 1 aliphatic rings. The van der Waals surface area contributed by atoms with Gasteiger partial charge in [-0.15, -0.1) is 0 Å². The second-order valence-electron chi connectivity index (χ2n) is 4.67. The van der Waals surface area contributed by atoms with Gasteiger partial charge in [0.1, 0.15) is 0 Å². The second kappa shape index (κ2) is 4.64. The van der Waals surface area contributed by atoms with E-state index in [4.69, 9.17) is 11.6 Å². The fraction of sp³-hybridized carbons (Fsp3) is 0.538. The monoisotopic (exact) mass is 238 g/mol. The molecule has 1 N–H and O–H groups in total. The molecule has 2 atom stereocenters. The molecule has 0 saturated carbocycles. The van der Waals surface area contributed by atoms with Gasteiger partial charge in [0, 0.05) is 29.8 Å². The lowest BCUT2D eigenvalue weighted by molar-refractivity contribution is 0.490. The molecule has 0 amide bonds. The third-order valence-corrected chi connectivity index (χ3v) is 3.78. The van der Waals surface area contributed by atoms with Crippen LogP contribution < -0.4 is 10.2 Å². The van der Waals surface area contributed by atoms with Crippen molar-refractivity contribution >= 4 is 17.3 Å². The Morgan fingerprint density at radius 3 is 3.00 bits per heavy atom. The number of rotatable bonds is 3. The minimum Gasteiger partial charge on any atom is -0.371 e. The third-order valence-electron chi connectivity index (χ3n) is 3.54. The normalized spacial score (nSPS) is 21.0. The first-order valence-corrected chi connectivity index (χ1v) is 6.18.